The molecule has 2 aromatic rings. The molecule has 1 amide bonds. The van der Waals surface area contributed by atoms with Crippen molar-refractivity contribution in [2.75, 3.05) is 5.32 Å². The number of rotatable bonds is 2. The first-order valence-electron chi connectivity index (χ1n) is 6.22. The molecule has 1 heterocycles. The zero-order chi connectivity index (χ0) is 14.1. The highest BCUT2D eigenvalue weighted by Gasteiger charge is 2.14. The molecule has 102 valence electrons. The van der Waals surface area contributed by atoms with Crippen LogP contribution in [0.3, 0.4) is 0 Å². The lowest BCUT2D eigenvalue weighted by atomic mass is 10.1. The number of carbonyl (C=O) groups is 1. The molecule has 0 radical (unpaired) electrons. The highest BCUT2D eigenvalue weighted by atomic mass is 79.9. The van der Waals surface area contributed by atoms with Crippen LogP contribution in [0.15, 0.2) is 40.9 Å². The second kappa shape index (κ2) is 5.56. The largest absolute Gasteiger partial charge is 0.321 e. The van der Waals surface area contributed by atoms with Crippen LogP contribution in [0.1, 0.15) is 21.5 Å². The summed E-state index contributed by atoms with van der Waals surface area (Å²) in [6, 6.07) is 11.1. The summed E-state index contributed by atoms with van der Waals surface area (Å²) in [5.41, 5.74) is 3.81. The molecule has 0 aromatic heterocycles. The van der Waals surface area contributed by atoms with Gasteiger partial charge in [-0.05, 0) is 57.4 Å². The number of hydrogen-bond donors (Lipinski definition) is 2. The number of nitrogens with one attached hydrogen (secondary N) is 2. The average Bonchev–Trinajstić information content (AvgIpc) is 2.89. The van der Waals surface area contributed by atoms with E-state index in [-0.39, 0.29) is 5.91 Å². The van der Waals surface area contributed by atoms with Gasteiger partial charge < -0.3 is 10.6 Å². The number of amides is 1. The molecule has 0 fully saturated rings. The topological polar surface area (TPSA) is 41.1 Å². The molecule has 1 aliphatic heterocycles. The van der Waals surface area contributed by atoms with Gasteiger partial charge in [0.15, 0.2) is 0 Å². The summed E-state index contributed by atoms with van der Waals surface area (Å²) in [5, 5.41) is 6.77. The van der Waals surface area contributed by atoms with Crippen molar-refractivity contribution in [2.24, 2.45) is 0 Å². The van der Waals surface area contributed by atoms with Gasteiger partial charge in [-0.1, -0.05) is 17.7 Å². The van der Waals surface area contributed by atoms with E-state index in [1.54, 1.807) is 18.2 Å². The number of benzene rings is 2. The highest BCUT2D eigenvalue weighted by Crippen LogP contribution is 2.26. The summed E-state index contributed by atoms with van der Waals surface area (Å²) < 4.78 is 0.765. The third kappa shape index (κ3) is 2.73. The van der Waals surface area contributed by atoms with E-state index in [1.807, 2.05) is 18.2 Å². The first-order chi connectivity index (χ1) is 9.63. The van der Waals surface area contributed by atoms with Crippen molar-refractivity contribution in [1.82, 2.24) is 5.32 Å². The van der Waals surface area contributed by atoms with Gasteiger partial charge in [0, 0.05) is 28.1 Å². The van der Waals surface area contributed by atoms with Crippen LogP contribution in [-0.2, 0) is 13.1 Å². The summed E-state index contributed by atoms with van der Waals surface area (Å²) >= 11 is 9.27. The molecule has 1 aliphatic rings. The van der Waals surface area contributed by atoms with Gasteiger partial charge >= 0.3 is 0 Å². The number of hydrogen-bond acceptors (Lipinski definition) is 2. The molecule has 2 N–H and O–H groups in total. The molecule has 3 rings (SSSR count). The number of carbonyl (C=O) groups excluding carboxylic acids is 1. The van der Waals surface area contributed by atoms with Crippen molar-refractivity contribution < 1.29 is 4.79 Å². The zero-order valence-electron chi connectivity index (χ0n) is 10.5. The van der Waals surface area contributed by atoms with E-state index in [0.29, 0.717) is 16.3 Å². The Hall–Kier alpha value is -1.36. The van der Waals surface area contributed by atoms with E-state index in [1.165, 1.54) is 11.1 Å². The minimum absolute atomic E-state index is 0.122. The second-order valence-corrected chi connectivity index (χ2v) is 5.96. The van der Waals surface area contributed by atoms with Crippen molar-refractivity contribution in [3.63, 3.8) is 0 Å². The Labute approximate surface area is 130 Å². The van der Waals surface area contributed by atoms with Crippen molar-refractivity contribution in [1.29, 1.82) is 0 Å². The molecule has 0 aliphatic carbocycles. The first-order valence-corrected chi connectivity index (χ1v) is 7.39. The Morgan fingerprint density at radius 1 is 1.15 bits per heavy atom. The van der Waals surface area contributed by atoms with E-state index in [4.69, 9.17) is 11.6 Å². The molecule has 0 saturated heterocycles. The lowest BCUT2D eigenvalue weighted by Gasteiger charge is -2.09. The molecule has 0 atom stereocenters. The first kappa shape index (κ1) is 13.6. The van der Waals surface area contributed by atoms with Gasteiger partial charge in [0.1, 0.15) is 0 Å². The predicted octanol–water partition coefficient (Wildman–Crippen LogP) is 3.96. The SMILES string of the molecule is O=C(Nc1ccc(Cl)cc1Br)c1ccc2c(c1)CNC2. The van der Waals surface area contributed by atoms with Gasteiger partial charge in [0.2, 0.25) is 0 Å². The Kier molecular flexibility index (Phi) is 3.78. The van der Waals surface area contributed by atoms with Crippen LogP contribution in [-0.4, -0.2) is 5.91 Å². The summed E-state index contributed by atoms with van der Waals surface area (Å²) in [7, 11) is 0. The molecule has 0 saturated carbocycles. The average molecular weight is 352 g/mol. The summed E-state index contributed by atoms with van der Waals surface area (Å²) in [6.07, 6.45) is 0. The van der Waals surface area contributed by atoms with Crippen molar-refractivity contribution in [3.05, 3.63) is 62.6 Å². The zero-order valence-corrected chi connectivity index (χ0v) is 12.9. The van der Waals surface area contributed by atoms with Crippen LogP contribution in [0.4, 0.5) is 5.69 Å². The van der Waals surface area contributed by atoms with Crippen LogP contribution in [0.25, 0.3) is 0 Å². The van der Waals surface area contributed by atoms with Crippen LogP contribution < -0.4 is 10.6 Å². The Morgan fingerprint density at radius 3 is 2.75 bits per heavy atom. The second-order valence-electron chi connectivity index (χ2n) is 4.67. The maximum Gasteiger partial charge on any atom is 0.255 e. The normalized spacial score (nSPS) is 13.1. The Morgan fingerprint density at radius 2 is 1.95 bits per heavy atom. The number of anilines is 1. The molecule has 0 bridgehead atoms. The highest BCUT2D eigenvalue weighted by molar-refractivity contribution is 9.10. The molecule has 2 aromatic carbocycles. The summed E-state index contributed by atoms with van der Waals surface area (Å²) in [5.74, 6) is -0.122. The van der Waals surface area contributed by atoms with E-state index < -0.39 is 0 Å². The van der Waals surface area contributed by atoms with E-state index in [9.17, 15) is 4.79 Å². The smallest absolute Gasteiger partial charge is 0.255 e. The molecule has 0 unspecified atom stereocenters. The van der Waals surface area contributed by atoms with Crippen LogP contribution in [0.5, 0.6) is 0 Å². The van der Waals surface area contributed by atoms with Crippen LogP contribution in [0, 0.1) is 0 Å². The van der Waals surface area contributed by atoms with Crippen molar-refractivity contribution >= 4 is 39.1 Å². The van der Waals surface area contributed by atoms with Gasteiger partial charge in [0.25, 0.3) is 5.91 Å². The number of fused-ring (bicyclic) bond motifs is 1. The third-order valence-corrected chi connectivity index (χ3v) is 4.17. The third-order valence-electron chi connectivity index (χ3n) is 3.28. The molecular formula is C15H12BrClN2O. The minimum Gasteiger partial charge on any atom is -0.321 e. The maximum absolute atomic E-state index is 12.3. The molecule has 20 heavy (non-hydrogen) atoms. The summed E-state index contributed by atoms with van der Waals surface area (Å²) in [6.45, 7) is 1.70. The van der Waals surface area contributed by atoms with Gasteiger partial charge in [0.05, 0.1) is 5.69 Å². The van der Waals surface area contributed by atoms with E-state index in [0.717, 1.165) is 17.6 Å². The van der Waals surface area contributed by atoms with E-state index in [2.05, 4.69) is 26.6 Å². The van der Waals surface area contributed by atoms with Gasteiger partial charge in [-0.15, -0.1) is 0 Å². The van der Waals surface area contributed by atoms with Crippen molar-refractivity contribution in [2.45, 2.75) is 13.1 Å². The number of halogens is 2. The maximum atomic E-state index is 12.3. The van der Waals surface area contributed by atoms with Crippen molar-refractivity contribution in [3.8, 4) is 0 Å². The predicted molar refractivity (Wildman–Crippen MR) is 84.1 cm³/mol. The van der Waals surface area contributed by atoms with E-state index >= 15 is 0 Å². The standard InChI is InChI=1S/C15H12BrClN2O/c16-13-6-12(17)3-4-14(13)19-15(20)9-1-2-10-7-18-8-11(10)5-9/h1-6,18H,7-8H2,(H,19,20). The minimum atomic E-state index is -0.122. The Balaban J connectivity index is 1.82. The quantitative estimate of drug-likeness (QED) is 0.860. The van der Waals surface area contributed by atoms with Gasteiger partial charge in [-0.3, -0.25) is 4.79 Å². The Bertz CT molecular complexity index is 688. The fraction of sp³-hybridized carbons (Fsp3) is 0.133. The lowest BCUT2D eigenvalue weighted by Crippen LogP contribution is -2.12. The summed E-state index contributed by atoms with van der Waals surface area (Å²) in [4.78, 5) is 12.3. The lowest BCUT2D eigenvalue weighted by molar-refractivity contribution is 0.102. The van der Waals surface area contributed by atoms with Crippen LogP contribution >= 0.6 is 27.5 Å². The molecule has 3 nitrogen and oxygen atoms in total. The fourth-order valence-corrected chi connectivity index (χ4v) is 3.00. The monoisotopic (exact) mass is 350 g/mol. The fourth-order valence-electron chi connectivity index (χ4n) is 2.22. The van der Waals surface area contributed by atoms with Crippen LogP contribution in [0.2, 0.25) is 5.02 Å². The molecule has 5 heteroatoms. The molecular weight excluding hydrogens is 340 g/mol. The molecule has 0 spiro atoms. The van der Waals surface area contributed by atoms with Gasteiger partial charge in [-0.2, -0.15) is 0 Å². The van der Waals surface area contributed by atoms with Gasteiger partial charge in [-0.25, -0.2) is 0 Å².